The molecule has 0 radical (unpaired) electrons. The molecule has 214 valence electrons. The SMILES string of the molecule is Cc1cc(C(F)(C(F)(F)F)C(F)(F)F)cc(C(F)(F)F)c1NC(=O)c1ccc(N)c(NC(=O)c2ccccc2)c1. The Balaban J connectivity index is 2.03. The zero-order valence-electron chi connectivity index (χ0n) is 19.9. The van der Waals surface area contributed by atoms with E-state index in [0.29, 0.717) is 6.92 Å². The number of amides is 2. The first-order valence-electron chi connectivity index (χ1n) is 10.9. The number of nitrogens with one attached hydrogen (secondary N) is 2. The molecule has 0 fully saturated rings. The summed E-state index contributed by atoms with van der Waals surface area (Å²) in [6.45, 7) is 0.663. The summed E-state index contributed by atoms with van der Waals surface area (Å²) >= 11 is 0. The number of hydrogen-bond donors (Lipinski definition) is 3. The normalized spacial score (nSPS) is 12.7. The highest BCUT2D eigenvalue weighted by Crippen LogP contribution is 2.54. The van der Waals surface area contributed by atoms with Crippen LogP contribution in [0, 0.1) is 6.92 Å². The molecule has 3 aromatic carbocycles. The van der Waals surface area contributed by atoms with Gasteiger partial charge in [-0.05, 0) is 48.9 Å². The molecule has 0 aromatic heterocycles. The molecule has 3 rings (SSSR count). The van der Waals surface area contributed by atoms with Crippen LogP contribution < -0.4 is 16.4 Å². The largest absolute Gasteiger partial charge is 0.435 e. The molecule has 0 aliphatic carbocycles. The Kier molecular flexibility index (Phi) is 7.83. The topological polar surface area (TPSA) is 84.2 Å². The van der Waals surface area contributed by atoms with Crippen LogP contribution in [0.5, 0.6) is 0 Å². The van der Waals surface area contributed by atoms with E-state index in [2.05, 4.69) is 5.32 Å². The Morgan fingerprint density at radius 1 is 0.700 bits per heavy atom. The average Bonchev–Trinajstić information content (AvgIpc) is 2.84. The molecule has 3 aromatic rings. The van der Waals surface area contributed by atoms with E-state index in [1.807, 2.05) is 0 Å². The maximum absolute atomic E-state index is 14.5. The molecule has 2 amide bonds. The number of carbonyl (C=O) groups is 2. The van der Waals surface area contributed by atoms with Crippen molar-refractivity contribution < 1.29 is 53.5 Å². The lowest BCUT2D eigenvalue weighted by Crippen LogP contribution is -2.50. The van der Waals surface area contributed by atoms with Crippen molar-refractivity contribution in [2.75, 3.05) is 16.4 Å². The Morgan fingerprint density at radius 2 is 1.25 bits per heavy atom. The summed E-state index contributed by atoms with van der Waals surface area (Å²) in [7, 11) is 0. The van der Waals surface area contributed by atoms with Gasteiger partial charge in [0.25, 0.3) is 11.8 Å². The van der Waals surface area contributed by atoms with Crippen LogP contribution in [0.2, 0.25) is 0 Å². The number of benzene rings is 3. The van der Waals surface area contributed by atoms with Gasteiger partial charge in [-0.3, -0.25) is 9.59 Å². The van der Waals surface area contributed by atoms with Crippen LogP contribution in [0.3, 0.4) is 0 Å². The maximum Gasteiger partial charge on any atom is 0.435 e. The fraction of sp³-hybridized carbons (Fsp3) is 0.200. The molecule has 0 aliphatic heterocycles. The molecule has 40 heavy (non-hydrogen) atoms. The lowest BCUT2D eigenvalue weighted by atomic mass is 9.90. The van der Waals surface area contributed by atoms with E-state index >= 15 is 0 Å². The Morgan fingerprint density at radius 3 is 1.77 bits per heavy atom. The standard InChI is InChI=1S/C25H17F10N3O2/c1-12-9-15(22(26,24(30,31)32)25(33,34)35)11-16(23(27,28)29)19(12)38-21(40)14-7-8-17(36)18(10-14)37-20(39)13-5-3-2-4-6-13/h2-11H,36H2,1H3,(H,37,39)(H,38,40). The molecule has 0 saturated carbocycles. The van der Waals surface area contributed by atoms with Gasteiger partial charge in [0.15, 0.2) is 0 Å². The molecule has 15 heteroatoms. The van der Waals surface area contributed by atoms with Gasteiger partial charge in [0, 0.05) is 16.7 Å². The van der Waals surface area contributed by atoms with Gasteiger partial charge in [-0.15, -0.1) is 0 Å². The highest BCUT2D eigenvalue weighted by Gasteiger charge is 2.73. The van der Waals surface area contributed by atoms with Crippen LogP contribution in [0.1, 0.15) is 37.4 Å². The second kappa shape index (κ2) is 10.4. The highest BCUT2D eigenvalue weighted by atomic mass is 19.4. The summed E-state index contributed by atoms with van der Waals surface area (Å²) in [4.78, 5) is 25.2. The van der Waals surface area contributed by atoms with Crippen LogP contribution in [0.15, 0.2) is 60.7 Å². The van der Waals surface area contributed by atoms with Crippen LogP contribution in [0.25, 0.3) is 0 Å². The average molecular weight is 581 g/mol. The van der Waals surface area contributed by atoms with Crippen molar-refractivity contribution in [3.05, 3.63) is 88.5 Å². The Bertz CT molecular complexity index is 1420. The monoisotopic (exact) mass is 581 g/mol. The summed E-state index contributed by atoms with van der Waals surface area (Å²) in [5, 5.41) is 4.20. The van der Waals surface area contributed by atoms with E-state index in [-0.39, 0.29) is 28.6 Å². The molecule has 0 aliphatic rings. The van der Waals surface area contributed by atoms with E-state index in [4.69, 9.17) is 5.73 Å². The molecule has 0 saturated heterocycles. The third-order valence-corrected chi connectivity index (χ3v) is 5.66. The number of aryl methyl sites for hydroxylation is 1. The predicted octanol–water partition coefficient (Wildman–Crippen LogP) is 7.39. The molecule has 0 spiro atoms. The van der Waals surface area contributed by atoms with Gasteiger partial charge in [0.2, 0.25) is 0 Å². The highest BCUT2D eigenvalue weighted by molar-refractivity contribution is 6.09. The van der Waals surface area contributed by atoms with Crippen LogP contribution in [-0.2, 0) is 11.8 Å². The van der Waals surface area contributed by atoms with Crippen molar-refractivity contribution in [1.82, 2.24) is 0 Å². The van der Waals surface area contributed by atoms with Gasteiger partial charge < -0.3 is 16.4 Å². The van der Waals surface area contributed by atoms with Crippen molar-refractivity contribution in [1.29, 1.82) is 0 Å². The summed E-state index contributed by atoms with van der Waals surface area (Å²) in [6, 6.07) is 10.1. The summed E-state index contributed by atoms with van der Waals surface area (Å²) < 4.78 is 135. The second-order valence-electron chi connectivity index (χ2n) is 8.44. The van der Waals surface area contributed by atoms with Gasteiger partial charge in [-0.1, -0.05) is 24.3 Å². The Labute approximate surface area is 219 Å². The first-order valence-corrected chi connectivity index (χ1v) is 10.9. The maximum atomic E-state index is 14.5. The second-order valence-corrected chi connectivity index (χ2v) is 8.44. The van der Waals surface area contributed by atoms with E-state index in [1.54, 1.807) is 23.5 Å². The van der Waals surface area contributed by atoms with E-state index in [9.17, 15) is 53.5 Å². The minimum absolute atomic E-state index is 0.0454. The molecule has 4 N–H and O–H groups in total. The number of nitrogen functional groups attached to an aromatic ring is 1. The van der Waals surface area contributed by atoms with E-state index in [1.165, 1.54) is 12.1 Å². The van der Waals surface area contributed by atoms with E-state index < -0.39 is 64.5 Å². The quantitative estimate of drug-likeness (QED) is 0.217. The van der Waals surface area contributed by atoms with Crippen molar-refractivity contribution in [3.63, 3.8) is 0 Å². The zero-order valence-corrected chi connectivity index (χ0v) is 19.9. The zero-order chi connectivity index (χ0) is 30.3. The van der Waals surface area contributed by atoms with Crippen LogP contribution in [0.4, 0.5) is 61.0 Å². The van der Waals surface area contributed by atoms with Gasteiger partial charge in [0.05, 0.1) is 22.6 Å². The Hall–Kier alpha value is -4.30. The molecular weight excluding hydrogens is 564 g/mol. The summed E-state index contributed by atoms with van der Waals surface area (Å²) in [5.74, 6) is -1.95. The van der Waals surface area contributed by atoms with Gasteiger partial charge in [-0.25, -0.2) is 4.39 Å². The van der Waals surface area contributed by atoms with E-state index in [0.717, 1.165) is 18.2 Å². The van der Waals surface area contributed by atoms with Crippen molar-refractivity contribution >= 4 is 28.9 Å². The molecular formula is C25H17F10N3O2. The van der Waals surface area contributed by atoms with Gasteiger partial charge in [-0.2, -0.15) is 39.5 Å². The molecule has 0 heterocycles. The van der Waals surface area contributed by atoms with Gasteiger partial charge >= 0.3 is 24.2 Å². The fourth-order valence-electron chi connectivity index (χ4n) is 3.64. The number of halogens is 10. The summed E-state index contributed by atoms with van der Waals surface area (Å²) in [6.07, 6.45) is -18.9. The number of carbonyl (C=O) groups excluding carboxylic acids is 2. The summed E-state index contributed by atoms with van der Waals surface area (Å²) in [5.41, 5.74) is -7.37. The number of rotatable bonds is 5. The predicted molar refractivity (Wildman–Crippen MR) is 124 cm³/mol. The number of anilines is 3. The number of alkyl halides is 10. The van der Waals surface area contributed by atoms with Crippen molar-refractivity contribution in [2.24, 2.45) is 0 Å². The smallest absolute Gasteiger partial charge is 0.397 e. The minimum Gasteiger partial charge on any atom is -0.397 e. The lowest BCUT2D eigenvalue weighted by molar-refractivity contribution is -0.348. The van der Waals surface area contributed by atoms with Crippen molar-refractivity contribution in [2.45, 2.75) is 31.1 Å². The fourth-order valence-corrected chi connectivity index (χ4v) is 3.64. The lowest BCUT2D eigenvalue weighted by Gasteiger charge is -2.31. The first kappa shape index (κ1) is 30.2. The van der Waals surface area contributed by atoms with Gasteiger partial charge in [0.1, 0.15) is 0 Å². The third kappa shape index (κ3) is 5.82. The van der Waals surface area contributed by atoms with Crippen molar-refractivity contribution in [3.8, 4) is 0 Å². The molecule has 0 bridgehead atoms. The molecule has 5 nitrogen and oxygen atoms in total. The number of hydrogen-bond acceptors (Lipinski definition) is 3. The van der Waals surface area contributed by atoms with Crippen LogP contribution in [-0.4, -0.2) is 24.2 Å². The third-order valence-electron chi connectivity index (χ3n) is 5.66. The van der Waals surface area contributed by atoms with Crippen LogP contribution >= 0.6 is 0 Å². The minimum atomic E-state index is -6.66. The first-order chi connectivity index (χ1) is 18.3. The molecule has 0 unspecified atom stereocenters. The number of nitrogens with two attached hydrogens (primary N) is 1. The molecule has 0 atom stereocenters.